The molecule has 0 bridgehead atoms. The lowest BCUT2D eigenvalue weighted by atomic mass is 10.2. The average Bonchev–Trinajstić information content (AvgIpc) is 2.01. The molecule has 0 saturated carbocycles. The number of thiol groups is 1. The highest BCUT2D eigenvalue weighted by Gasteiger charge is 2.35. The van der Waals surface area contributed by atoms with Crippen molar-refractivity contribution >= 4 is 12.6 Å². The highest BCUT2D eigenvalue weighted by Crippen LogP contribution is 2.33. The first-order valence-corrected chi connectivity index (χ1v) is 4.25. The molecular formula is C8H7F4NS. The van der Waals surface area contributed by atoms with Crippen molar-refractivity contribution < 1.29 is 17.6 Å². The van der Waals surface area contributed by atoms with Gasteiger partial charge in [-0.3, -0.25) is 4.98 Å². The number of hydrogen-bond acceptors (Lipinski definition) is 2. The lowest BCUT2D eigenvalue weighted by molar-refractivity contribution is -0.140. The molecule has 0 fully saturated rings. The molecule has 0 saturated heterocycles. The number of aromatic nitrogens is 1. The molecule has 0 aromatic carbocycles. The molecule has 14 heavy (non-hydrogen) atoms. The molecule has 0 spiro atoms. The molecule has 0 aliphatic heterocycles. The maximum absolute atomic E-state index is 13.2. The van der Waals surface area contributed by atoms with E-state index in [9.17, 15) is 17.6 Å². The van der Waals surface area contributed by atoms with Crippen LogP contribution in [0.1, 0.15) is 23.4 Å². The lowest BCUT2D eigenvalue weighted by Crippen LogP contribution is -2.11. The van der Waals surface area contributed by atoms with Crippen LogP contribution in [0.4, 0.5) is 17.6 Å². The summed E-state index contributed by atoms with van der Waals surface area (Å²) in [6.07, 6.45) is -3.77. The van der Waals surface area contributed by atoms with Gasteiger partial charge in [-0.25, -0.2) is 4.39 Å². The first-order chi connectivity index (χ1) is 6.34. The van der Waals surface area contributed by atoms with Gasteiger partial charge in [0.25, 0.3) is 0 Å². The Balaban J connectivity index is 3.28. The Morgan fingerprint density at radius 1 is 1.43 bits per heavy atom. The van der Waals surface area contributed by atoms with Gasteiger partial charge in [0.2, 0.25) is 0 Å². The molecular weight excluding hydrogens is 218 g/mol. The van der Waals surface area contributed by atoms with Gasteiger partial charge in [-0.05, 0) is 13.0 Å². The van der Waals surface area contributed by atoms with Crippen molar-refractivity contribution in [2.45, 2.75) is 18.3 Å². The third kappa shape index (κ3) is 2.17. The highest BCUT2D eigenvalue weighted by atomic mass is 32.1. The van der Waals surface area contributed by atoms with Crippen LogP contribution in [-0.4, -0.2) is 4.98 Å². The van der Waals surface area contributed by atoms with E-state index in [0.29, 0.717) is 6.07 Å². The number of hydrogen-bond donors (Lipinski definition) is 1. The molecule has 1 aromatic rings. The first-order valence-electron chi connectivity index (χ1n) is 3.73. The molecule has 1 unspecified atom stereocenters. The van der Waals surface area contributed by atoms with E-state index in [1.807, 2.05) is 0 Å². The quantitative estimate of drug-likeness (QED) is 0.572. The van der Waals surface area contributed by atoms with Crippen LogP contribution in [0, 0.1) is 5.82 Å². The van der Waals surface area contributed by atoms with Gasteiger partial charge in [0.15, 0.2) is 5.82 Å². The van der Waals surface area contributed by atoms with Gasteiger partial charge in [0, 0.05) is 11.4 Å². The smallest absolute Gasteiger partial charge is 0.257 e. The predicted octanol–water partition coefficient (Wildman–Crippen LogP) is 3.23. The second kappa shape index (κ2) is 3.76. The molecule has 1 aromatic heterocycles. The van der Waals surface area contributed by atoms with Crippen molar-refractivity contribution in [1.29, 1.82) is 0 Å². The molecule has 0 radical (unpaired) electrons. The summed E-state index contributed by atoms with van der Waals surface area (Å²) in [5.74, 6) is -1.34. The summed E-state index contributed by atoms with van der Waals surface area (Å²) in [5.41, 5.74) is -1.59. The molecule has 1 nitrogen and oxygen atoms in total. The normalized spacial score (nSPS) is 14.1. The Morgan fingerprint density at radius 3 is 2.43 bits per heavy atom. The van der Waals surface area contributed by atoms with Crippen LogP contribution < -0.4 is 0 Å². The van der Waals surface area contributed by atoms with Gasteiger partial charge < -0.3 is 0 Å². The van der Waals surface area contributed by atoms with Crippen molar-refractivity contribution in [3.8, 4) is 0 Å². The minimum absolute atomic E-state index is 0.289. The van der Waals surface area contributed by atoms with Gasteiger partial charge in [0.1, 0.15) is 0 Å². The Morgan fingerprint density at radius 2 is 2.00 bits per heavy atom. The topological polar surface area (TPSA) is 12.9 Å². The van der Waals surface area contributed by atoms with E-state index in [0.717, 1.165) is 6.20 Å². The number of nitrogens with zero attached hydrogens (tertiary/aromatic N) is 1. The fraction of sp³-hybridized carbons (Fsp3) is 0.375. The van der Waals surface area contributed by atoms with Crippen LogP contribution in [0.3, 0.4) is 0 Å². The van der Waals surface area contributed by atoms with E-state index in [1.165, 1.54) is 6.92 Å². The van der Waals surface area contributed by atoms with Crippen LogP contribution in [0.15, 0.2) is 12.3 Å². The summed E-state index contributed by atoms with van der Waals surface area (Å²) < 4.78 is 49.8. The van der Waals surface area contributed by atoms with Gasteiger partial charge in [-0.15, -0.1) is 0 Å². The number of halogens is 4. The van der Waals surface area contributed by atoms with E-state index >= 15 is 0 Å². The Hall–Kier alpha value is -0.780. The van der Waals surface area contributed by atoms with Gasteiger partial charge in [-0.2, -0.15) is 25.8 Å². The molecule has 1 atom stereocenters. The molecule has 78 valence electrons. The molecule has 0 N–H and O–H groups in total. The molecule has 0 amide bonds. The Labute approximate surface area is 83.6 Å². The van der Waals surface area contributed by atoms with Gasteiger partial charge >= 0.3 is 6.18 Å². The summed E-state index contributed by atoms with van der Waals surface area (Å²) >= 11 is 3.83. The van der Waals surface area contributed by atoms with E-state index < -0.39 is 22.8 Å². The fourth-order valence-corrected chi connectivity index (χ4v) is 1.15. The lowest BCUT2D eigenvalue weighted by Gasteiger charge is -2.11. The van der Waals surface area contributed by atoms with Crippen LogP contribution >= 0.6 is 12.6 Å². The summed E-state index contributed by atoms with van der Waals surface area (Å²) in [6.45, 7) is 1.45. The van der Waals surface area contributed by atoms with Gasteiger partial charge in [-0.1, -0.05) is 0 Å². The highest BCUT2D eigenvalue weighted by molar-refractivity contribution is 7.80. The number of pyridine rings is 1. The summed E-state index contributed by atoms with van der Waals surface area (Å²) in [6, 6.07) is 0.606. The minimum atomic E-state index is -4.69. The molecule has 0 aliphatic carbocycles. The zero-order valence-corrected chi connectivity index (χ0v) is 8.03. The minimum Gasteiger partial charge on any atom is -0.257 e. The van der Waals surface area contributed by atoms with E-state index in [1.54, 1.807) is 0 Å². The Bertz CT molecular complexity index is 335. The van der Waals surface area contributed by atoms with E-state index in [4.69, 9.17) is 0 Å². The van der Waals surface area contributed by atoms with Crippen LogP contribution in [-0.2, 0) is 6.18 Å². The molecule has 0 aliphatic rings. The van der Waals surface area contributed by atoms with Gasteiger partial charge in [0.05, 0.1) is 11.3 Å². The summed E-state index contributed by atoms with van der Waals surface area (Å²) in [7, 11) is 0. The fourth-order valence-electron chi connectivity index (χ4n) is 0.970. The van der Waals surface area contributed by atoms with Crippen molar-refractivity contribution in [2.24, 2.45) is 0 Å². The maximum atomic E-state index is 13.2. The summed E-state index contributed by atoms with van der Waals surface area (Å²) in [5, 5.41) is -0.669. The zero-order chi connectivity index (χ0) is 10.9. The van der Waals surface area contributed by atoms with E-state index in [2.05, 4.69) is 17.6 Å². The number of rotatable bonds is 1. The van der Waals surface area contributed by atoms with Crippen molar-refractivity contribution in [3.05, 3.63) is 29.3 Å². The third-order valence-corrected chi connectivity index (χ3v) is 1.86. The van der Waals surface area contributed by atoms with Crippen LogP contribution in [0.2, 0.25) is 0 Å². The van der Waals surface area contributed by atoms with E-state index in [-0.39, 0.29) is 5.69 Å². The molecule has 6 heteroatoms. The average molecular weight is 225 g/mol. The summed E-state index contributed by atoms with van der Waals surface area (Å²) in [4.78, 5) is 3.50. The SMILES string of the molecule is CC(S)c1nccc(C(F)(F)F)c1F. The first kappa shape index (κ1) is 11.3. The van der Waals surface area contributed by atoms with Crippen LogP contribution in [0.5, 0.6) is 0 Å². The molecule has 1 rings (SSSR count). The van der Waals surface area contributed by atoms with Crippen molar-refractivity contribution in [3.63, 3.8) is 0 Å². The molecule has 1 heterocycles. The second-order valence-corrected chi connectivity index (χ2v) is 3.51. The standard InChI is InChI=1S/C8H7F4NS/c1-4(14)7-6(9)5(2-3-13-7)8(10,11)12/h2-4,14H,1H3. The zero-order valence-electron chi connectivity index (χ0n) is 7.14. The third-order valence-electron chi connectivity index (χ3n) is 1.62. The second-order valence-electron chi connectivity index (χ2n) is 2.73. The number of alkyl halides is 3. The maximum Gasteiger partial charge on any atom is 0.419 e. The van der Waals surface area contributed by atoms with Crippen LogP contribution in [0.25, 0.3) is 0 Å². The largest absolute Gasteiger partial charge is 0.419 e. The van der Waals surface area contributed by atoms with Crippen molar-refractivity contribution in [2.75, 3.05) is 0 Å². The Kier molecular flexibility index (Phi) is 3.04. The van der Waals surface area contributed by atoms with Crippen molar-refractivity contribution in [1.82, 2.24) is 4.98 Å². The predicted molar refractivity (Wildman–Crippen MR) is 46.6 cm³/mol. The monoisotopic (exact) mass is 225 g/mol.